The molecule has 0 spiro atoms. The highest BCUT2D eigenvalue weighted by Crippen LogP contribution is 2.51. The van der Waals surface area contributed by atoms with E-state index in [1.165, 1.54) is 11.1 Å². The standard InChI is InChI=1S/C33H32ClNO/c1-24-30-12-8-9-13-31(30)33(28-18-20-29(34)21-19-28,35(24)22-25-10-6-5-7-11-25)36-23-26-14-16-27(17-15-26)32(2,3)4/h5-21H,1,22-23H2,2-4H3. The number of fused-ring (bicyclic) bond motifs is 1. The summed E-state index contributed by atoms with van der Waals surface area (Å²) in [4.78, 5) is 2.29. The fourth-order valence-corrected chi connectivity index (χ4v) is 5.12. The molecule has 4 aromatic carbocycles. The van der Waals surface area contributed by atoms with Gasteiger partial charge in [0.15, 0.2) is 5.72 Å². The third-order valence-electron chi connectivity index (χ3n) is 7.00. The van der Waals surface area contributed by atoms with Crippen molar-refractivity contribution in [2.75, 3.05) is 0 Å². The number of hydrogen-bond donors (Lipinski definition) is 0. The minimum absolute atomic E-state index is 0.110. The average molecular weight is 494 g/mol. The van der Waals surface area contributed by atoms with Crippen LogP contribution in [0.3, 0.4) is 0 Å². The van der Waals surface area contributed by atoms with Gasteiger partial charge in [0.2, 0.25) is 0 Å². The zero-order chi connectivity index (χ0) is 25.3. The van der Waals surface area contributed by atoms with E-state index in [1.54, 1.807) is 0 Å². The maximum atomic E-state index is 7.03. The molecule has 3 heteroatoms. The summed E-state index contributed by atoms with van der Waals surface area (Å²) in [6.07, 6.45) is 0. The summed E-state index contributed by atoms with van der Waals surface area (Å²) < 4.78 is 7.03. The van der Waals surface area contributed by atoms with Crippen LogP contribution in [0.1, 0.15) is 54.2 Å². The summed E-state index contributed by atoms with van der Waals surface area (Å²) in [7, 11) is 0. The van der Waals surface area contributed by atoms with E-state index in [4.69, 9.17) is 16.3 Å². The van der Waals surface area contributed by atoms with Gasteiger partial charge in [0.1, 0.15) is 0 Å². The Kier molecular flexibility index (Phi) is 6.51. The van der Waals surface area contributed by atoms with Gasteiger partial charge in [-0.3, -0.25) is 0 Å². The van der Waals surface area contributed by atoms with Crippen LogP contribution in [0.4, 0.5) is 0 Å². The molecule has 0 aromatic heterocycles. The molecule has 4 aromatic rings. The van der Waals surface area contributed by atoms with E-state index in [9.17, 15) is 0 Å². The van der Waals surface area contributed by atoms with Crippen molar-refractivity contribution in [3.8, 4) is 0 Å². The van der Waals surface area contributed by atoms with Gasteiger partial charge in [0, 0.05) is 34.0 Å². The number of halogens is 1. The van der Waals surface area contributed by atoms with E-state index < -0.39 is 5.72 Å². The van der Waals surface area contributed by atoms with Crippen LogP contribution >= 0.6 is 11.6 Å². The highest BCUT2D eigenvalue weighted by molar-refractivity contribution is 6.30. The van der Waals surface area contributed by atoms with E-state index in [-0.39, 0.29) is 5.41 Å². The van der Waals surface area contributed by atoms with Crippen LogP contribution in [0.2, 0.25) is 5.02 Å². The van der Waals surface area contributed by atoms with Crippen LogP contribution in [0.5, 0.6) is 0 Å². The Labute approximate surface area is 219 Å². The lowest BCUT2D eigenvalue weighted by Crippen LogP contribution is -2.43. The molecule has 2 nitrogen and oxygen atoms in total. The molecule has 0 aliphatic carbocycles. The summed E-state index contributed by atoms with van der Waals surface area (Å²) in [5.41, 5.74) is 7.09. The first-order chi connectivity index (χ1) is 17.3. The maximum Gasteiger partial charge on any atom is 0.195 e. The van der Waals surface area contributed by atoms with Crippen LogP contribution in [0.25, 0.3) is 5.70 Å². The summed E-state index contributed by atoms with van der Waals surface area (Å²) in [5, 5.41) is 0.700. The van der Waals surface area contributed by atoms with Gasteiger partial charge in [-0.05, 0) is 34.2 Å². The second-order valence-electron chi connectivity index (χ2n) is 10.5. The fraction of sp³-hybridized carbons (Fsp3) is 0.212. The monoisotopic (exact) mass is 493 g/mol. The van der Waals surface area contributed by atoms with Crippen molar-refractivity contribution in [2.24, 2.45) is 0 Å². The van der Waals surface area contributed by atoms with Gasteiger partial charge in [-0.25, -0.2) is 0 Å². The number of rotatable bonds is 6. The Bertz CT molecular complexity index is 1350. The molecule has 0 N–H and O–H groups in total. The van der Waals surface area contributed by atoms with Gasteiger partial charge < -0.3 is 9.64 Å². The molecule has 0 fully saturated rings. The first-order valence-electron chi connectivity index (χ1n) is 12.4. The number of nitrogens with zero attached hydrogens (tertiary/aromatic N) is 1. The van der Waals surface area contributed by atoms with Crippen LogP contribution in [0.15, 0.2) is 110 Å². The Morgan fingerprint density at radius 3 is 2.08 bits per heavy atom. The third kappa shape index (κ3) is 4.48. The molecular formula is C33H32ClNO. The zero-order valence-corrected chi connectivity index (χ0v) is 21.9. The van der Waals surface area contributed by atoms with Gasteiger partial charge in [-0.15, -0.1) is 0 Å². The first kappa shape index (κ1) is 24.4. The summed E-state index contributed by atoms with van der Waals surface area (Å²) in [6, 6.07) is 35.7. The van der Waals surface area contributed by atoms with Gasteiger partial charge in [-0.1, -0.05) is 130 Å². The van der Waals surface area contributed by atoms with Gasteiger partial charge >= 0.3 is 0 Å². The van der Waals surface area contributed by atoms with Crippen LogP contribution < -0.4 is 0 Å². The summed E-state index contributed by atoms with van der Waals surface area (Å²) >= 11 is 6.31. The summed E-state index contributed by atoms with van der Waals surface area (Å²) in [5.74, 6) is 0. The average Bonchev–Trinajstić information content (AvgIpc) is 3.12. The predicted molar refractivity (Wildman–Crippen MR) is 150 cm³/mol. The molecule has 1 aliphatic rings. The van der Waals surface area contributed by atoms with E-state index >= 15 is 0 Å². The molecule has 1 atom stereocenters. The van der Waals surface area contributed by atoms with Crippen molar-refractivity contribution in [1.29, 1.82) is 0 Å². The first-order valence-corrected chi connectivity index (χ1v) is 12.8. The Hall–Kier alpha value is -3.33. The van der Waals surface area contributed by atoms with Crippen molar-refractivity contribution >= 4 is 17.3 Å². The number of benzene rings is 4. The zero-order valence-electron chi connectivity index (χ0n) is 21.2. The van der Waals surface area contributed by atoms with Crippen molar-refractivity contribution in [3.63, 3.8) is 0 Å². The molecule has 36 heavy (non-hydrogen) atoms. The van der Waals surface area contributed by atoms with Gasteiger partial charge in [0.05, 0.1) is 6.61 Å². The molecular weight excluding hydrogens is 462 g/mol. The van der Waals surface area contributed by atoms with E-state index in [0.717, 1.165) is 28.0 Å². The largest absolute Gasteiger partial charge is 0.342 e. The topological polar surface area (TPSA) is 12.5 Å². The van der Waals surface area contributed by atoms with E-state index in [0.29, 0.717) is 18.2 Å². The van der Waals surface area contributed by atoms with Crippen LogP contribution in [-0.4, -0.2) is 4.90 Å². The molecule has 0 saturated carbocycles. The molecule has 182 valence electrons. The second kappa shape index (κ2) is 9.61. The smallest absolute Gasteiger partial charge is 0.195 e. The maximum absolute atomic E-state index is 7.03. The lowest BCUT2D eigenvalue weighted by Gasteiger charge is -2.41. The Morgan fingerprint density at radius 2 is 1.42 bits per heavy atom. The Morgan fingerprint density at radius 1 is 0.778 bits per heavy atom. The summed E-state index contributed by atoms with van der Waals surface area (Å²) in [6.45, 7) is 12.3. The van der Waals surface area contributed by atoms with Crippen molar-refractivity contribution in [1.82, 2.24) is 4.90 Å². The third-order valence-corrected chi connectivity index (χ3v) is 7.25. The second-order valence-corrected chi connectivity index (χ2v) is 10.9. The molecule has 1 unspecified atom stereocenters. The number of ether oxygens (including phenoxy) is 1. The van der Waals surface area contributed by atoms with Crippen LogP contribution in [0, 0.1) is 0 Å². The molecule has 0 radical (unpaired) electrons. The Balaban J connectivity index is 1.61. The lowest BCUT2D eigenvalue weighted by atomic mass is 9.87. The van der Waals surface area contributed by atoms with Crippen molar-refractivity contribution < 1.29 is 4.74 Å². The van der Waals surface area contributed by atoms with Gasteiger partial charge in [0.25, 0.3) is 0 Å². The van der Waals surface area contributed by atoms with Gasteiger partial charge in [-0.2, -0.15) is 0 Å². The highest BCUT2D eigenvalue weighted by Gasteiger charge is 2.49. The molecule has 1 aliphatic heterocycles. The SMILES string of the molecule is C=C1c2ccccc2C(OCc2ccc(C(C)(C)C)cc2)(c2ccc(Cl)cc2)N1Cc1ccccc1. The fourth-order valence-electron chi connectivity index (χ4n) is 5.00. The quantitative estimate of drug-likeness (QED) is 0.267. The molecule has 1 heterocycles. The minimum Gasteiger partial charge on any atom is -0.342 e. The van der Waals surface area contributed by atoms with E-state index in [1.807, 2.05) is 18.2 Å². The molecule has 5 rings (SSSR count). The predicted octanol–water partition coefficient (Wildman–Crippen LogP) is 8.54. The van der Waals surface area contributed by atoms with E-state index in [2.05, 4.69) is 117 Å². The molecule has 0 saturated heterocycles. The molecule has 0 amide bonds. The lowest BCUT2D eigenvalue weighted by molar-refractivity contribution is -0.114. The number of hydrogen-bond acceptors (Lipinski definition) is 2. The normalized spacial score (nSPS) is 17.3. The molecule has 0 bridgehead atoms. The van der Waals surface area contributed by atoms with Crippen LogP contribution in [-0.2, 0) is 29.0 Å². The minimum atomic E-state index is -0.837. The van der Waals surface area contributed by atoms with Crippen molar-refractivity contribution in [3.05, 3.63) is 148 Å². The van der Waals surface area contributed by atoms with Crippen molar-refractivity contribution in [2.45, 2.75) is 45.1 Å². The highest BCUT2D eigenvalue weighted by atomic mass is 35.5.